The number of benzene rings is 4. The molecule has 0 amide bonds. The van der Waals surface area contributed by atoms with E-state index in [1.165, 1.54) is 0 Å². The average Bonchev–Trinajstić information content (AvgIpc) is 3.54. The van der Waals surface area contributed by atoms with Gasteiger partial charge < -0.3 is 19.1 Å². The fourth-order valence-electron chi connectivity index (χ4n) is 5.95. The lowest BCUT2D eigenvalue weighted by Gasteiger charge is -2.38. The van der Waals surface area contributed by atoms with Crippen LogP contribution in [-0.2, 0) is 10.3 Å². The van der Waals surface area contributed by atoms with Crippen LogP contribution in [0.3, 0.4) is 0 Å². The van der Waals surface area contributed by atoms with Crippen LogP contribution in [0.4, 0.5) is 5.69 Å². The summed E-state index contributed by atoms with van der Waals surface area (Å²) in [7, 11) is 0. The average molecular weight is 613 g/mol. The van der Waals surface area contributed by atoms with Crippen molar-refractivity contribution in [2.24, 2.45) is 0 Å². The molecule has 2 aliphatic rings. The van der Waals surface area contributed by atoms with Crippen LogP contribution in [0.15, 0.2) is 83.3 Å². The van der Waals surface area contributed by atoms with Crippen LogP contribution in [0.1, 0.15) is 60.2 Å². The molecule has 2 heterocycles. The molecule has 2 aliphatic heterocycles. The summed E-state index contributed by atoms with van der Waals surface area (Å²) in [6.07, 6.45) is 7.28. The second-order valence-electron chi connectivity index (χ2n) is 10.5. The van der Waals surface area contributed by atoms with Crippen molar-refractivity contribution in [2.75, 3.05) is 31.2 Å². The van der Waals surface area contributed by atoms with Crippen LogP contribution in [0.25, 0.3) is 16.8 Å². The van der Waals surface area contributed by atoms with Crippen molar-refractivity contribution in [3.05, 3.63) is 106 Å². The van der Waals surface area contributed by atoms with Crippen molar-refractivity contribution in [3.8, 4) is 11.5 Å². The van der Waals surface area contributed by atoms with Crippen molar-refractivity contribution >= 4 is 44.4 Å². The van der Waals surface area contributed by atoms with Crippen molar-refractivity contribution in [3.63, 3.8) is 0 Å². The third-order valence-corrected chi connectivity index (χ3v) is 8.38. The molecule has 210 valence electrons. The smallest absolute Gasteiger partial charge is 0.341 e. The predicted octanol–water partition coefficient (Wildman–Crippen LogP) is 8.52. The zero-order valence-corrected chi connectivity index (χ0v) is 25.1. The Balaban J connectivity index is 1.59. The molecule has 4 aromatic carbocycles. The highest BCUT2D eigenvalue weighted by atomic mass is 79.9. The number of halogens is 1. The third-order valence-electron chi connectivity index (χ3n) is 7.86. The number of esters is 1. The molecule has 0 aromatic heterocycles. The third kappa shape index (κ3) is 4.99. The van der Waals surface area contributed by atoms with E-state index < -0.39 is 5.60 Å². The van der Waals surface area contributed by atoms with Crippen LogP contribution in [-0.4, -0.2) is 32.3 Å². The van der Waals surface area contributed by atoms with E-state index in [-0.39, 0.29) is 5.97 Å². The summed E-state index contributed by atoms with van der Waals surface area (Å²) in [5, 5.41) is 1.98. The first-order valence-corrected chi connectivity index (χ1v) is 15.2. The second-order valence-corrected chi connectivity index (χ2v) is 11.4. The van der Waals surface area contributed by atoms with E-state index in [2.05, 4.69) is 76.3 Å². The van der Waals surface area contributed by atoms with Gasteiger partial charge in [-0.15, -0.1) is 0 Å². The molecule has 1 saturated heterocycles. The van der Waals surface area contributed by atoms with Gasteiger partial charge in [-0.2, -0.15) is 0 Å². The number of ether oxygens (including phenoxy) is 3. The van der Waals surface area contributed by atoms with Gasteiger partial charge in [-0.25, -0.2) is 4.79 Å². The Morgan fingerprint density at radius 1 is 0.927 bits per heavy atom. The van der Waals surface area contributed by atoms with Gasteiger partial charge in [0.25, 0.3) is 0 Å². The van der Waals surface area contributed by atoms with Gasteiger partial charge in [-0.05, 0) is 62.6 Å². The standard InChI is InChI=1S/C35H34BrNO4/c1-3-23-40-27-17-13-25(14-18-27)35(24-11-15-26(36)16-12-24)20-19-30-31(34(38)39-4-2)32(37-21-7-8-22-37)28-9-5-6-10-29(28)33(30)41-35/h5-6,9-20H,3-4,7-8,21-23H2,1-2H3. The molecule has 4 aromatic rings. The summed E-state index contributed by atoms with van der Waals surface area (Å²) in [5.74, 6) is 1.19. The van der Waals surface area contributed by atoms with Gasteiger partial charge in [0.2, 0.25) is 0 Å². The number of carbonyl (C=O) groups excluding carboxylic acids is 1. The fourth-order valence-corrected chi connectivity index (χ4v) is 6.21. The molecular weight excluding hydrogens is 578 g/mol. The Hall–Kier alpha value is -3.77. The number of carbonyl (C=O) groups is 1. The molecule has 6 heteroatoms. The molecule has 5 nitrogen and oxygen atoms in total. The Bertz CT molecular complexity index is 1590. The molecule has 0 aliphatic carbocycles. The van der Waals surface area contributed by atoms with E-state index in [1.807, 2.05) is 43.3 Å². The minimum Gasteiger partial charge on any atom is -0.494 e. The van der Waals surface area contributed by atoms with Crippen molar-refractivity contribution in [1.82, 2.24) is 0 Å². The minimum atomic E-state index is -0.916. The van der Waals surface area contributed by atoms with Crippen LogP contribution in [0, 0.1) is 0 Å². The van der Waals surface area contributed by atoms with E-state index in [9.17, 15) is 4.79 Å². The zero-order valence-electron chi connectivity index (χ0n) is 23.5. The maximum Gasteiger partial charge on any atom is 0.341 e. The first-order chi connectivity index (χ1) is 20.1. The molecular formula is C35H34BrNO4. The summed E-state index contributed by atoms with van der Waals surface area (Å²) < 4.78 is 19.7. The van der Waals surface area contributed by atoms with E-state index in [4.69, 9.17) is 14.2 Å². The van der Waals surface area contributed by atoms with E-state index >= 15 is 0 Å². The first kappa shape index (κ1) is 27.4. The van der Waals surface area contributed by atoms with Gasteiger partial charge in [-0.1, -0.05) is 71.4 Å². The van der Waals surface area contributed by atoms with Crippen molar-refractivity contribution < 1.29 is 19.0 Å². The van der Waals surface area contributed by atoms with Crippen LogP contribution in [0.2, 0.25) is 0 Å². The second kappa shape index (κ2) is 11.6. The molecule has 1 fully saturated rings. The summed E-state index contributed by atoms with van der Waals surface area (Å²) in [4.78, 5) is 16.0. The lowest BCUT2D eigenvalue weighted by molar-refractivity contribution is 0.0525. The zero-order chi connectivity index (χ0) is 28.4. The van der Waals surface area contributed by atoms with E-state index in [0.29, 0.717) is 24.5 Å². The number of anilines is 1. The quantitative estimate of drug-likeness (QED) is 0.187. The van der Waals surface area contributed by atoms with Gasteiger partial charge in [0.05, 0.1) is 24.5 Å². The Morgan fingerprint density at radius 3 is 2.24 bits per heavy atom. The highest BCUT2D eigenvalue weighted by Crippen LogP contribution is 2.50. The van der Waals surface area contributed by atoms with Crippen LogP contribution >= 0.6 is 15.9 Å². The van der Waals surface area contributed by atoms with Gasteiger partial charge >= 0.3 is 5.97 Å². The molecule has 0 radical (unpaired) electrons. The van der Waals surface area contributed by atoms with E-state index in [1.54, 1.807) is 0 Å². The van der Waals surface area contributed by atoms with E-state index in [0.717, 1.165) is 75.7 Å². The lowest BCUT2D eigenvalue weighted by atomic mass is 9.82. The number of nitrogens with zero attached hydrogens (tertiary/aromatic N) is 1. The van der Waals surface area contributed by atoms with Gasteiger partial charge in [0.1, 0.15) is 11.5 Å². The summed E-state index contributed by atoms with van der Waals surface area (Å²) in [6, 6.07) is 24.6. The highest BCUT2D eigenvalue weighted by molar-refractivity contribution is 9.10. The SMILES string of the molecule is CCCOc1ccc(C2(c3ccc(Br)cc3)C=Cc3c(C(=O)OCC)c(N4CCCC4)c4ccccc4c3O2)cc1. The largest absolute Gasteiger partial charge is 0.494 e. The molecule has 6 rings (SSSR count). The number of rotatable bonds is 8. The Labute approximate surface area is 249 Å². The number of hydrogen-bond donors (Lipinski definition) is 0. The highest BCUT2D eigenvalue weighted by Gasteiger charge is 2.40. The molecule has 1 unspecified atom stereocenters. The molecule has 0 N–H and O–H groups in total. The minimum absolute atomic E-state index is 0.305. The maximum absolute atomic E-state index is 13.6. The summed E-state index contributed by atoms with van der Waals surface area (Å²) in [5.41, 5.74) is 3.32. The van der Waals surface area contributed by atoms with Crippen LogP contribution < -0.4 is 14.4 Å². The Kier molecular flexibility index (Phi) is 7.76. The Morgan fingerprint density at radius 2 is 1.59 bits per heavy atom. The molecule has 0 bridgehead atoms. The molecule has 0 saturated carbocycles. The van der Waals surface area contributed by atoms with Gasteiger partial charge in [0, 0.05) is 45.0 Å². The summed E-state index contributed by atoms with van der Waals surface area (Å²) in [6.45, 7) is 6.74. The van der Waals surface area contributed by atoms with Gasteiger partial charge in [0.15, 0.2) is 5.60 Å². The normalized spacial score (nSPS) is 17.8. The molecule has 0 spiro atoms. The lowest BCUT2D eigenvalue weighted by Crippen LogP contribution is -2.35. The fraction of sp³-hybridized carbons (Fsp3) is 0.286. The topological polar surface area (TPSA) is 48.0 Å². The monoisotopic (exact) mass is 611 g/mol. The van der Waals surface area contributed by atoms with Crippen molar-refractivity contribution in [2.45, 2.75) is 38.7 Å². The van der Waals surface area contributed by atoms with Crippen molar-refractivity contribution in [1.29, 1.82) is 0 Å². The first-order valence-electron chi connectivity index (χ1n) is 14.4. The maximum atomic E-state index is 13.6. The number of hydrogen-bond acceptors (Lipinski definition) is 5. The summed E-state index contributed by atoms with van der Waals surface area (Å²) >= 11 is 3.58. The number of fused-ring (bicyclic) bond motifs is 3. The van der Waals surface area contributed by atoms with Crippen LogP contribution in [0.5, 0.6) is 11.5 Å². The molecule has 41 heavy (non-hydrogen) atoms. The van der Waals surface area contributed by atoms with Gasteiger partial charge in [-0.3, -0.25) is 0 Å². The molecule has 1 atom stereocenters. The predicted molar refractivity (Wildman–Crippen MR) is 168 cm³/mol.